The van der Waals surface area contributed by atoms with Crippen LogP contribution < -0.4 is 0 Å². The van der Waals surface area contributed by atoms with Gasteiger partial charge >= 0.3 is 6.08 Å². The first kappa shape index (κ1) is 9.05. The molecule has 0 bridgehead atoms. The van der Waals surface area contributed by atoms with Crippen LogP contribution in [0.25, 0.3) is 0 Å². The van der Waals surface area contributed by atoms with Crippen molar-refractivity contribution in [2.75, 3.05) is 6.54 Å². The zero-order valence-electron chi connectivity index (χ0n) is 6.55. The van der Waals surface area contributed by atoms with Gasteiger partial charge < -0.3 is 0 Å². The number of isocyanates is 1. The van der Waals surface area contributed by atoms with Crippen molar-refractivity contribution >= 4 is 11.9 Å². The highest BCUT2D eigenvalue weighted by Crippen LogP contribution is 1.89. The number of ketones is 1. The summed E-state index contributed by atoms with van der Waals surface area (Å²) in [5.74, 6) is -0.00907. The molecule has 0 amide bonds. The van der Waals surface area contributed by atoms with E-state index in [9.17, 15) is 9.59 Å². The largest absolute Gasteiger partial charge is 0.424 e. The highest BCUT2D eigenvalue weighted by Gasteiger charge is 2.18. The molecule has 0 N–H and O–H groups in total. The van der Waals surface area contributed by atoms with Crippen LogP contribution >= 0.6 is 0 Å². The zero-order valence-corrected chi connectivity index (χ0v) is 6.55. The van der Waals surface area contributed by atoms with Crippen molar-refractivity contribution in [3.63, 3.8) is 0 Å². The Balaban J connectivity index is 4.32. The third-order valence-electron chi connectivity index (χ3n) is 1.51. The van der Waals surface area contributed by atoms with Gasteiger partial charge in [0.05, 0.1) is 0 Å². The summed E-state index contributed by atoms with van der Waals surface area (Å²) in [6.45, 7) is 5.50. The van der Waals surface area contributed by atoms with Gasteiger partial charge in [-0.25, -0.2) is 0 Å². The van der Waals surface area contributed by atoms with Crippen molar-refractivity contribution < 1.29 is 14.2 Å². The van der Waals surface area contributed by atoms with E-state index >= 15 is 0 Å². The molecular formula is C7H12NO2+. The summed E-state index contributed by atoms with van der Waals surface area (Å²) in [6, 6.07) is -0.331. The summed E-state index contributed by atoms with van der Waals surface area (Å²) >= 11 is 0. The first-order valence-electron chi connectivity index (χ1n) is 3.28. The van der Waals surface area contributed by atoms with E-state index in [1.165, 1.54) is 11.5 Å². The number of likely N-dealkylation sites (N-methyl/N-ethyl adjacent to an activating group) is 1. The van der Waals surface area contributed by atoms with E-state index in [4.69, 9.17) is 0 Å². The van der Waals surface area contributed by atoms with E-state index in [-0.39, 0.29) is 11.8 Å². The first-order chi connectivity index (χ1) is 4.63. The predicted octanol–water partition coefficient (Wildman–Crippen LogP) is 0.332. The molecule has 10 heavy (non-hydrogen) atoms. The van der Waals surface area contributed by atoms with Crippen molar-refractivity contribution in [1.29, 1.82) is 0 Å². The van der Waals surface area contributed by atoms with Crippen LogP contribution in [0.3, 0.4) is 0 Å². The van der Waals surface area contributed by atoms with Crippen LogP contribution in [0.4, 0.5) is 0 Å². The Labute approximate surface area is 60.4 Å². The Morgan fingerprint density at radius 3 is 2.30 bits per heavy atom. The number of hydrogen-bond acceptors (Lipinski definition) is 2. The molecule has 1 atom stereocenters. The number of rotatable bonds is 3. The second kappa shape index (κ2) is 3.96. The molecule has 0 saturated heterocycles. The molecule has 0 aliphatic rings. The van der Waals surface area contributed by atoms with Crippen molar-refractivity contribution in [2.45, 2.75) is 26.8 Å². The Morgan fingerprint density at radius 1 is 1.70 bits per heavy atom. The van der Waals surface area contributed by atoms with Crippen LogP contribution in [-0.2, 0) is 9.59 Å². The topological polar surface area (TPSA) is 37.1 Å². The normalized spacial score (nSPS) is 11.9. The highest BCUT2D eigenvalue weighted by atomic mass is 16.1. The summed E-state index contributed by atoms with van der Waals surface area (Å²) in [4.78, 5) is 20.8. The summed E-state index contributed by atoms with van der Waals surface area (Å²) in [5, 5.41) is 0. The molecule has 0 aromatic heterocycles. The standard InChI is InChI=1S/C7H12NO2/c1-4-8(5-9)6(2)7(3)10/h6H,4H2,1-3H3/q+1. The summed E-state index contributed by atoms with van der Waals surface area (Å²) in [7, 11) is 0. The van der Waals surface area contributed by atoms with E-state index in [0.717, 1.165) is 0 Å². The molecule has 1 unspecified atom stereocenters. The Bertz CT molecular complexity index is 180. The van der Waals surface area contributed by atoms with Crippen LogP contribution in [-0.4, -0.2) is 29.0 Å². The molecule has 0 rings (SSSR count). The van der Waals surface area contributed by atoms with Crippen molar-refractivity contribution in [3.8, 4) is 0 Å². The minimum atomic E-state index is -0.331. The number of carbonyl (C=O) groups is 1. The number of nitrogens with zero attached hydrogens (tertiary/aromatic N) is 1. The summed E-state index contributed by atoms with van der Waals surface area (Å²) in [6.07, 6.45) is 1.70. The molecule has 3 nitrogen and oxygen atoms in total. The van der Waals surface area contributed by atoms with E-state index in [0.29, 0.717) is 6.54 Å². The maximum Gasteiger partial charge on any atom is 0.424 e. The third-order valence-corrected chi connectivity index (χ3v) is 1.51. The molecule has 56 valence electrons. The monoisotopic (exact) mass is 142 g/mol. The lowest BCUT2D eigenvalue weighted by molar-refractivity contribution is -0.542. The SMILES string of the molecule is CC[N+](=C=O)C(C)C(C)=O. The van der Waals surface area contributed by atoms with Gasteiger partial charge in [0.2, 0.25) is 6.04 Å². The van der Waals surface area contributed by atoms with Crippen LogP contribution in [0.1, 0.15) is 20.8 Å². The van der Waals surface area contributed by atoms with E-state index < -0.39 is 0 Å². The molecule has 0 aliphatic carbocycles. The number of carbonyl (C=O) groups excluding carboxylic acids is 2. The molecule has 0 aromatic carbocycles. The summed E-state index contributed by atoms with van der Waals surface area (Å²) in [5.41, 5.74) is 0. The molecule has 0 aliphatic heterocycles. The lowest BCUT2D eigenvalue weighted by atomic mass is 10.2. The van der Waals surface area contributed by atoms with E-state index in [1.807, 2.05) is 6.92 Å². The van der Waals surface area contributed by atoms with Gasteiger partial charge in [-0.15, -0.1) is 4.58 Å². The van der Waals surface area contributed by atoms with Crippen molar-refractivity contribution in [2.24, 2.45) is 0 Å². The fourth-order valence-corrected chi connectivity index (χ4v) is 0.637. The molecule has 0 aromatic rings. The van der Waals surface area contributed by atoms with Crippen molar-refractivity contribution in [1.82, 2.24) is 0 Å². The fourth-order valence-electron chi connectivity index (χ4n) is 0.637. The molecule has 0 fully saturated rings. The minimum absolute atomic E-state index is 0.00907. The lowest BCUT2D eigenvalue weighted by Gasteiger charge is -1.99. The van der Waals surface area contributed by atoms with E-state index in [2.05, 4.69) is 0 Å². The second-order valence-corrected chi connectivity index (χ2v) is 2.16. The molecule has 0 spiro atoms. The van der Waals surface area contributed by atoms with Crippen LogP contribution in [0.15, 0.2) is 0 Å². The zero-order chi connectivity index (χ0) is 8.15. The van der Waals surface area contributed by atoms with Gasteiger partial charge in [-0.2, -0.15) is 4.79 Å². The number of hydrogen-bond donors (Lipinski definition) is 0. The predicted molar refractivity (Wildman–Crippen MR) is 36.6 cm³/mol. The first-order valence-corrected chi connectivity index (χ1v) is 3.28. The molecule has 3 heteroatoms. The van der Waals surface area contributed by atoms with Crippen LogP contribution in [0.2, 0.25) is 0 Å². The fraction of sp³-hybridized carbons (Fsp3) is 0.714. The maximum atomic E-state index is 10.7. The Kier molecular flexibility index (Phi) is 3.59. The number of Topliss-reactive ketones (excluding diaryl/α,β-unsaturated/α-hetero) is 1. The third kappa shape index (κ3) is 2.11. The van der Waals surface area contributed by atoms with Gasteiger partial charge in [-0.05, 0) is 6.92 Å². The van der Waals surface area contributed by atoms with Crippen molar-refractivity contribution in [3.05, 3.63) is 0 Å². The smallest absolute Gasteiger partial charge is 0.293 e. The lowest BCUT2D eigenvalue weighted by Crippen LogP contribution is -2.29. The van der Waals surface area contributed by atoms with E-state index in [1.54, 1.807) is 13.0 Å². The second-order valence-electron chi connectivity index (χ2n) is 2.16. The average molecular weight is 142 g/mol. The van der Waals surface area contributed by atoms with Crippen LogP contribution in [0, 0.1) is 0 Å². The van der Waals surface area contributed by atoms with Gasteiger partial charge in [0.15, 0.2) is 12.3 Å². The van der Waals surface area contributed by atoms with Crippen LogP contribution in [0.5, 0.6) is 0 Å². The Morgan fingerprint density at radius 2 is 2.20 bits per heavy atom. The quantitative estimate of drug-likeness (QED) is 0.323. The maximum absolute atomic E-state index is 10.7. The van der Waals surface area contributed by atoms with Gasteiger partial charge in [-0.1, -0.05) is 0 Å². The average Bonchev–Trinajstić information content (AvgIpc) is 1.90. The molecule has 0 saturated carbocycles. The van der Waals surface area contributed by atoms with Gasteiger partial charge in [0.25, 0.3) is 0 Å². The van der Waals surface area contributed by atoms with Gasteiger partial charge in [0.1, 0.15) is 0 Å². The highest BCUT2D eigenvalue weighted by molar-refractivity contribution is 5.79. The molecule has 0 radical (unpaired) electrons. The molecule has 0 heterocycles. The van der Waals surface area contributed by atoms with Gasteiger partial charge in [0, 0.05) is 13.8 Å². The molecular weight excluding hydrogens is 130 g/mol. The summed E-state index contributed by atoms with van der Waals surface area (Å²) < 4.78 is 1.34. The Hall–Kier alpha value is -0.950. The minimum Gasteiger partial charge on any atom is -0.293 e. The van der Waals surface area contributed by atoms with Gasteiger partial charge in [-0.3, -0.25) is 4.79 Å².